The number of alkyl halides is 1. The first-order valence-electron chi connectivity index (χ1n) is 5.97. The molecule has 2 nitrogen and oxygen atoms in total. The number of benzene rings is 1. The molecule has 0 aliphatic carbocycles. The van der Waals surface area contributed by atoms with E-state index in [-0.39, 0.29) is 5.60 Å². The zero-order chi connectivity index (χ0) is 12.7. The molecule has 0 aromatic heterocycles. The Labute approximate surface area is 109 Å². The third-order valence-corrected chi connectivity index (χ3v) is 3.24. The summed E-state index contributed by atoms with van der Waals surface area (Å²) in [6.45, 7) is 6.03. The van der Waals surface area contributed by atoms with Gasteiger partial charge >= 0.3 is 0 Å². The van der Waals surface area contributed by atoms with E-state index in [2.05, 4.69) is 31.3 Å². The Morgan fingerprint density at radius 2 is 2.00 bits per heavy atom. The fourth-order valence-corrected chi connectivity index (χ4v) is 1.71. The van der Waals surface area contributed by atoms with Crippen molar-refractivity contribution in [2.45, 2.75) is 38.3 Å². The first-order chi connectivity index (χ1) is 8.07. The molecule has 3 heteroatoms. The van der Waals surface area contributed by atoms with Crippen molar-refractivity contribution in [1.82, 2.24) is 5.32 Å². The van der Waals surface area contributed by atoms with Gasteiger partial charge in [0.25, 0.3) is 0 Å². The minimum atomic E-state index is -0.0506. The first-order valence-corrected chi connectivity index (χ1v) is 6.50. The lowest BCUT2D eigenvalue weighted by molar-refractivity contribution is 0.0158. The Morgan fingerprint density at radius 3 is 2.65 bits per heavy atom. The molecule has 0 atom stereocenters. The molecular weight excluding hydrogens is 234 g/mol. The van der Waals surface area contributed by atoms with Crippen molar-refractivity contribution in [3.05, 3.63) is 35.4 Å². The van der Waals surface area contributed by atoms with Crippen molar-refractivity contribution in [1.29, 1.82) is 0 Å². The zero-order valence-electron chi connectivity index (χ0n) is 10.9. The van der Waals surface area contributed by atoms with Crippen LogP contribution < -0.4 is 5.32 Å². The van der Waals surface area contributed by atoms with Gasteiger partial charge in [0.2, 0.25) is 0 Å². The molecule has 0 amide bonds. The molecule has 0 fully saturated rings. The van der Waals surface area contributed by atoms with E-state index < -0.39 is 0 Å². The van der Waals surface area contributed by atoms with Gasteiger partial charge in [-0.15, -0.1) is 11.6 Å². The van der Waals surface area contributed by atoms with Crippen molar-refractivity contribution in [3.8, 4) is 0 Å². The fourth-order valence-electron chi connectivity index (χ4n) is 1.55. The van der Waals surface area contributed by atoms with Crippen molar-refractivity contribution in [2.24, 2.45) is 0 Å². The molecule has 1 aromatic rings. The molecule has 1 N–H and O–H groups in total. The zero-order valence-corrected chi connectivity index (χ0v) is 11.7. The smallest absolute Gasteiger partial charge is 0.0634 e. The molecule has 0 saturated heterocycles. The molecule has 0 unspecified atom stereocenters. The lowest BCUT2D eigenvalue weighted by Gasteiger charge is -2.22. The fraction of sp³-hybridized carbons (Fsp3) is 0.571. The molecule has 0 aliphatic rings. The quantitative estimate of drug-likeness (QED) is 0.596. The van der Waals surface area contributed by atoms with Crippen LogP contribution in [0.2, 0.25) is 0 Å². The van der Waals surface area contributed by atoms with Crippen LogP contribution in [0.25, 0.3) is 0 Å². The van der Waals surface area contributed by atoms with Crippen LogP contribution >= 0.6 is 11.6 Å². The van der Waals surface area contributed by atoms with Gasteiger partial charge in [0.05, 0.1) is 5.60 Å². The highest BCUT2D eigenvalue weighted by atomic mass is 35.5. The summed E-state index contributed by atoms with van der Waals surface area (Å²) in [6.07, 6.45) is 0.999. The number of rotatable bonds is 7. The summed E-state index contributed by atoms with van der Waals surface area (Å²) in [5.74, 6) is 0.574. The predicted octanol–water partition coefficient (Wildman–Crippen LogP) is 3.33. The van der Waals surface area contributed by atoms with Gasteiger partial charge in [-0.25, -0.2) is 0 Å². The summed E-state index contributed by atoms with van der Waals surface area (Å²) in [5, 5.41) is 3.42. The predicted molar refractivity (Wildman–Crippen MR) is 73.4 cm³/mol. The van der Waals surface area contributed by atoms with E-state index in [1.807, 2.05) is 12.1 Å². The van der Waals surface area contributed by atoms with E-state index in [4.69, 9.17) is 16.3 Å². The number of hydrogen-bond acceptors (Lipinski definition) is 2. The van der Waals surface area contributed by atoms with Crippen LogP contribution in [-0.2, 0) is 17.2 Å². The lowest BCUT2D eigenvalue weighted by Crippen LogP contribution is -2.28. The standard InChI is InChI=1S/C14H22ClNO/c1-14(2,17-3)7-8-16-11-13-6-4-5-12(9-13)10-15/h4-6,9,16H,7-8,10-11H2,1-3H3. The molecule has 0 heterocycles. The maximum atomic E-state index is 5.80. The van der Waals surface area contributed by atoms with Crippen LogP contribution in [0.4, 0.5) is 0 Å². The summed E-state index contributed by atoms with van der Waals surface area (Å²) < 4.78 is 5.37. The largest absolute Gasteiger partial charge is 0.379 e. The maximum absolute atomic E-state index is 5.80. The molecule has 96 valence electrons. The highest BCUT2D eigenvalue weighted by molar-refractivity contribution is 6.17. The van der Waals surface area contributed by atoms with E-state index in [9.17, 15) is 0 Å². The molecule has 0 aliphatic heterocycles. The van der Waals surface area contributed by atoms with Crippen molar-refractivity contribution in [2.75, 3.05) is 13.7 Å². The minimum absolute atomic E-state index is 0.0506. The summed E-state index contributed by atoms with van der Waals surface area (Å²) in [4.78, 5) is 0. The van der Waals surface area contributed by atoms with Gasteiger partial charge in [0.1, 0.15) is 0 Å². The topological polar surface area (TPSA) is 21.3 Å². The lowest BCUT2D eigenvalue weighted by atomic mass is 10.1. The molecule has 1 aromatic carbocycles. The number of halogens is 1. The second-order valence-corrected chi connectivity index (χ2v) is 5.11. The molecule has 0 saturated carbocycles. The maximum Gasteiger partial charge on any atom is 0.0634 e. The molecular formula is C14H22ClNO. The number of ether oxygens (including phenoxy) is 1. The monoisotopic (exact) mass is 255 g/mol. The van der Waals surface area contributed by atoms with Crippen LogP contribution in [0.3, 0.4) is 0 Å². The molecule has 1 rings (SSSR count). The van der Waals surface area contributed by atoms with Gasteiger partial charge in [-0.1, -0.05) is 24.3 Å². The van der Waals surface area contributed by atoms with Crippen molar-refractivity contribution >= 4 is 11.6 Å². The van der Waals surface area contributed by atoms with E-state index in [0.29, 0.717) is 5.88 Å². The van der Waals surface area contributed by atoms with E-state index in [1.54, 1.807) is 7.11 Å². The van der Waals surface area contributed by atoms with Crippen LogP contribution in [0.5, 0.6) is 0 Å². The van der Waals surface area contributed by atoms with Gasteiger partial charge in [0, 0.05) is 19.5 Å². The Bertz CT molecular complexity index is 339. The number of methoxy groups -OCH3 is 1. The number of hydrogen-bond donors (Lipinski definition) is 1. The van der Waals surface area contributed by atoms with Gasteiger partial charge in [0.15, 0.2) is 0 Å². The average Bonchev–Trinajstić information content (AvgIpc) is 2.35. The van der Waals surface area contributed by atoms with Crippen LogP contribution in [-0.4, -0.2) is 19.3 Å². The summed E-state index contributed by atoms with van der Waals surface area (Å²) in [6, 6.07) is 8.35. The highest BCUT2D eigenvalue weighted by Gasteiger charge is 2.14. The highest BCUT2D eigenvalue weighted by Crippen LogP contribution is 2.12. The summed E-state index contributed by atoms with van der Waals surface area (Å²) >= 11 is 5.80. The van der Waals surface area contributed by atoms with Crippen molar-refractivity contribution in [3.63, 3.8) is 0 Å². The molecule has 0 bridgehead atoms. The molecule has 17 heavy (non-hydrogen) atoms. The minimum Gasteiger partial charge on any atom is -0.379 e. The Hall–Kier alpha value is -0.570. The third kappa shape index (κ3) is 5.53. The SMILES string of the molecule is COC(C)(C)CCNCc1cccc(CCl)c1. The van der Waals surface area contributed by atoms with Gasteiger partial charge in [-0.3, -0.25) is 0 Å². The van der Waals surface area contributed by atoms with Gasteiger partial charge in [-0.05, 0) is 37.9 Å². The van der Waals surface area contributed by atoms with Gasteiger partial charge in [-0.2, -0.15) is 0 Å². The summed E-state index contributed by atoms with van der Waals surface area (Å²) in [7, 11) is 1.75. The Morgan fingerprint density at radius 1 is 1.29 bits per heavy atom. The van der Waals surface area contributed by atoms with E-state index >= 15 is 0 Å². The van der Waals surface area contributed by atoms with E-state index in [1.165, 1.54) is 11.1 Å². The average molecular weight is 256 g/mol. The number of nitrogens with one attached hydrogen (secondary N) is 1. The van der Waals surface area contributed by atoms with Crippen LogP contribution in [0.1, 0.15) is 31.4 Å². The third-order valence-electron chi connectivity index (χ3n) is 2.93. The second-order valence-electron chi connectivity index (χ2n) is 4.84. The van der Waals surface area contributed by atoms with E-state index in [0.717, 1.165) is 19.5 Å². The first kappa shape index (κ1) is 14.5. The Kier molecular flexibility index (Phi) is 5.96. The van der Waals surface area contributed by atoms with Gasteiger partial charge < -0.3 is 10.1 Å². The second kappa shape index (κ2) is 7.00. The van der Waals surface area contributed by atoms with Crippen LogP contribution in [0.15, 0.2) is 24.3 Å². The summed E-state index contributed by atoms with van der Waals surface area (Å²) in [5.41, 5.74) is 2.40. The molecule has 0 spiro atoms. The Balaban J connectivity index is 2.31. The molecule has 0 radical (unpaired) electrons. The normalized spacial score (nSPS) is 11.8. The van der Waals surface area contributed by atoms with Crippen molar-refractivity contribution < 1.29 is 4.74 Å². The van der Waals surface area contributed by atoms with Crippen LogP contribution in [0, 0.1) is 0 Å².